The number of rotatable bonds is 5. The highest BCUT2D eigenvalue weighted by molar-refractivity contribution is 7.10. The van der Waals surface area contributed by atoms with Crippen LogP contribution in [0.25, 0.3) is 0 Å². The van der Waals surface area contributed by atoms with Gasteiger partial charge in [-0.3, -0.25) is 9.59 Å². The summed E-state index contributed by atoms with van der Waals surface area (Å²) in [5.74, 6) is -0.0965. The van der Waals surface area contributed by atoms with Crippen LogP contribution in [0.4, 0.5) is 5.69 Å². The van der Waals surface area contributed by atoms with Gasteiger partial charge in [-0.05, 0) is 36.4 Å². The van der Waals surface area contributed by atoms with Gasteiger partial charge in [-0.2, -0.15) is 0 Å². The Hall–Kier alpha value is -2.34. The number of carbonyl (C=O) groups excluding carboxylic acids is 2. The molecule has 0 saturated carbocycles. The molecular formula is C18H21N3O2S. The maximum Gasteiger partial charge on any atom is 0.253 e. The standard InChI is InChI=1S/C18H21N3O2S/c1-19-18(23)13-6-2-3-7-14(13)20-12-17(22)21-10-4-8-15(21)16-9-5-11-24-16/h2-3,5-7,9,11,15,20H,4,8,10,12H2,1H3,(H,19,23). The second-order valence-electron chi connectivity index (χ2n) is 5.74. The molecule has 1 aliphatic rings. The molecule has 1 aromatic heterocycles. The Kier molecular flexibility index (Phi) is 5.15. The molecule has 2 aromatic rings. The van der Waals surface area contributed by atoms with Gasteiger partial charge in [-0.1, -0.05) is 18.2 Å². The summed E-state index contributed by atoms with van der Waals surface area (Å²) in [4.78, 5) is 27.7. The number of benzene rings is 1. The van der Waals surface area contributed by atoms with Gasteiger partial charge >= 0.3 is 0 Å². The lowest BCUT2D eigenvalue weighted by atomic mass is 10.1. The third kappa shape index (κ3) is 3.43. The number of anilines is 1. The van der Waals surface area contributed by atoms with E-state index in [4.69, 9.17) is 0 Å². The molecule has 6 heteroatoms. The summed E-state index contributed by atoms with van der Waals surface area (Å²) in [7, 11) is 1.60. The first-order valence-corrected chi connectivity index (χ1v) is 8.96. The second-order valence-corrected chi connectivity index (χ2v) is 6.72. The maximum atomic E-state index is 12.6. The third-order valence-electron chi connectivity index (χ3n) is 4.27. The monoisotopic (exact) mass is 343 g/mol. The van der Waals surface area contributed by atoms with Crippen molar-refractivity contribution in [3.63, 3.8) is 0 Å². The molecule has 3 rings (SSSR count). The van der Waals surface area contributed by atoms with Gasteiger partial charge in [0, 0.05) is 24.2 Å². The smallest absolute Gasteiger partial charge is 0.253 e. The molecule has 0 bridgehead atoms. The Morgan fingerprint density at radius 3 is 2.83 bits per heavy atom. The van der Waals surface area contributed by atoms with Gasteiger partial charge in [0.25, 0.3) is 5.91 Å². The van der Waals surface area contributed by atoms with E-state index in [2.05, 4.69) is 16.7 Å². The normalized spacial score (nSPS) is 16.9. The molecule has 1 aliphatic heterocycles. The van der Waals surface area contributed by atoms with Crippen molar-refractivity contribution < 1.29 is 9.59 Å². The fraction of sp³-hybridized carbons (Fsp3) is 0.333. The van der Waals surface area contributed by atoms with E-state index in [1.54, 1.807) is 24.5 Å². The van der Waals surface area contributed by atoms with Crippen molar-refractivity contribution in [2.75, 3.05) is 25.5 Å². The van der Waals surface area contributed by atoms with Crippen molar-refractivity contribution in [3.8, 4) is 0 Å². The highest BCUT2D eigenvalue weighted by Gasteiger charge is 2.30. The third-order valence-corrected chi connectivity index (χ3v) is 5.25. The van der Waals surface area contributed by atoms with Crippen LogP contribution in [-0.2, 0) is 4.79 Å². The van der Waals surface area contributed by atoms with Gasteiger partial charge < -0.3 is 15.5 Å². The highest BCUT2D eigenvalue weighted by Crippen LogP contribution is 2.34. The molecule has 0 aliphatic carbocycles. The zero-order valence-electron chi connectivity index (χ0n) is 13.6. The molecule has 0 spiro atoms. The first-order chi connectivity index (χ1) is 11.7. The largest absolute Gasteiger partial charge is 0.376 e. The van der Waals surface area contributed by atoms with Crippen molar-refractivity contribution in [2.24, 2.45) is 0 Å². The molecule has 2 amide bonds. The van der Waals surface area contributed by atoms with Crippen LogP contribution in [0.2, 0.25) is 0 Å². The Labute approximate surface area is 145 Å². The summed E-state index contributed by atoms with van der Waals surface area (Å²) in [6.07, 6.45) is 2.05. The first-order valence-electron chi connectivity index (χ1n) is 8.08. The Morgan fingerprint density at radius 2 is 2.08 bits per heavy atom. The molecule has 1 atom stereocenters. The molecular weight excluding hydrogens is 322 g/mol. The van der Waals surface area contributed by atoms with Crippen LogP contribution in [0.15, 0.2) is 41.8 Å². The highest BCUT2D eigenvalue weighted by atomic mass is 32.1. The molecule has 1 aromatic carbocycles. The minimum absolute atomic E-state index is 0.0672. The molecule has 1 fully saturated rings. The van der Waals surface area contributed by atoms with Gasteiger partial charge in [0.2, 0.25) is 5.91 Å². The zero-order valence-corrected chi connectivity index (χ0v) is 14.4. The van der Waals surface area contributed by atoms with Gasteiger partial charge in [-0.15, -0.1) is 11.3 Å². The summed E-state index contributed by atoms with van der Waals surface area (Å²) in [6.45, 7) is 0.982. The lowest BCUT2D eigenvalue weighted by molar-refractivity contribution is -0.130. The number of hydrogen-bond acceptors (Lipinski definition) is 4. The number of para-hydroxylation sites is 1. The minimum Gasteiger partial charge on any atom is -0.376 e. The zero-order chi connectivity index (χ0) is 16.9. The lowest BCUT2D eigenvalue weighted by Crippen LogP contribution is -2.35. The van der Waals surface area contributed by atoms with Crippen LogP contribution in [0.5, 0.6) is 0 Å². The number of hydrogen-bond donors (Lipinski definition) is 2. The SMILES string of the molecule is CNC(=O)c1ccccc1NCC(=O)N1CCCC1c1cccs1. The number of nitrogens with zero attached hydrogens (tertiary/aromatic N) is 1. The van der Waals surface area contributed by atoms with Crippen LogP contribution in [0, 0.1) is 0 Å². The average Bonchev–Trinajstić information content (AvgIpc) is 3.29. The minimum atomic E-state index is -0.164. The van der Waals surface area contributed by atoms with E-state index in [0.717, 1.165) is 19.4 Å². The van der Waals surface area contributed by atoms with Crippen molar-refractivity contribution in [3.05, 3.63) is 52.2 Å². The predicted octanol–water partition coefficient (Wildman–Crippen LogP) is 2.88. The number of amides is 2. The lowest BCUT2D eigenvalue weighted by Gasteiger charge is -2.24. The second kappa shape index (κ2) is 7.49. The van der Waals surface area contributed by atoms with Gasteiger partial charge in [0.15, 0.2) is 0 Å². The molecule has 0 radical (unpaired) electrons. The van der Waals surface area contributed by atoms with Crippen LogP contribution >= 0.6 is 11.3 Å². The Bertz CT molecular complexity index is 715. The summed E-state index contributed by atoms with van der Waals surface area (Å²) in [6, 6.07) is 11.5. The molecule has 2 N–H and O–H groups in total. The van der Waals surface area contributed by atoms with E-state index >= 15 is 0 Å². The number of likely N-dealkylation sites (tertiary alicyclic amines) is 1. The molecule has 24 heavy (non-hydrogen) atoms. The fourth-order valence-corrected chi connectivity index (χ4v) is 3.96. The van der Waals surface area contributed by atoms with Gasteiger partial charge in [0.1, 0.15) is 0 Å². The van der Waals surface area contributed by atoms with E-state index in [0.29, 0.717) is 11.3 Å². The van der Waals surface area contributed by atoms with E-state index in [9.17, 15) is 9.59 Å². The van der Waals surface area contributed by atoms with Crippen LogP contribution in [0.1, 0.15) is 34.1 Å². The van der Waals surface area contributed by atoms with E-state index < -0.39 is 0 Å². The Morgan fingerprint density at radius 1 is 1.25 bits per heavy atom. The topological polar surface area (TPSA) is 61.4 Å². The average molecular weight is 343 g/mol. The van der Waals surface area contributed by atoms with E-state index in [1.807, 2.05) is 34.5 Å². The van der Waals surface area contributed by atoms with Crippen molar-refractivity contribution in [1.29, 1.82) is 0 Å². The van der Waals surface area contributed by atoms with Crippen molar-refractivity contribution >= 4 is 28.8 Å². The number of thiophene rings is 1. The number of carbonyl (C=O) groups is 2. The molecule has 1 saturated heterocycles. The number of nitrogens with one attached hydrogen (secondary N) is 2. The summed E-state index contributed by atoms with van der Waals surface area (Å²) in [5, 5.41) is 7.79. The van der Waals surface area contributed by atoms with Crippen molar-refractivity contribution in [1.82, 2.24) is 10.2 Å². The predicted molar refractivity (Wildman–Crippen MR) is 96.3 cm³/mol. The van der Waals surface area contributed by atoms with Crippen LogP contribution < -0.4 is 10.6 Å². The summed E-state index contributed by atoms with van der Waals surface area (Å²) < 4.78 is 0. The summed E-state index contributed by atoms with van der Waals surface area (Å²) >= 11 is 1.70. The first kappa shape index (κ1) is 16.5. The molecule has 5 nitrogen and oxygen atoms in total. The van der Waals surface area contributed by atoms with Crippen molar-refractivity contribution in [2.45, 2.75) is 18.9 Å². The maximum absolute atomic E-state index is 12.6. The summed E-state index contributed by atoms with van der Waals surface area (Å²) in [5.41, 5.74) is 1.22. The molecule has 1 unspecified atom stereocenters. The van der Waals surface area contributed by atoms with E-state index in [1.165, 1.54) is 4.88 Å². The molecule has 2 heterocycles. The van der Waals surface area contributed by atoms with Gasteiger partial charge in [0.05, 0.1) is 18.2 Å². The van der Waals surface area contributed by atoms with E-state index in [-0.39, 0.29) is 24.4 Å². The van der Waals surface area contributed by atoms with Crippen LogP contribution in [0.3, 0.4) is 0 Å². The Balaban J connectivity index is 1.67. The fourth-order valence-electron chi connectivity index (χ4n) is 3.08. The van der Waals surface area contributed by atoms with Crippen LogP contribution in [-0.4, -0.2) is 36.9 Å². The molecule has 126 valence electrons. The quantitative estimate of drug-likeness (QED) is 0.877. The van der Waals surface area contributed by atoms with Gasteiger partial charge in [-0.25, -0.2) is 0 Å².